The molecule has 1 N–H and O–H groups in total. The summed E-state index contributed by atoms with van der Waals surface area (Å²) < 4.78 is 8.22. The first-order valence-corrected chi connectivity index (χ1v) is 12.5. The van der Waals surface area contributed by atoms with Crippen LogP contribution in [0.2, 0.25) is 5.02 Å². The van der Waals surface area contributed by atoms with Crippen LogP contribution in [0, 0.1) is 0 Å². The number of piperidine rings is 1. The molecule has 2 saturated heterocycles. The van der Waals surface area contributed by atoms with Gasteiger partial charge in [-0.2, -0.15) is 0 Å². The fourth-order valence-corrected chi connectivity index (χ4v) is 6.17. The molecular weight excluding hydrogens is 468 g/mol. The highest BCUT2D eigenvalue weighted by Crippen LogP contribution is 2.44. The van der Waals surface area contributed by atoms with E-state index in [0.717, 1.165) is 42.1 Å². The van der Waals surface area contributed by atoms with Gasteiger partial charge in [-0.25, -0.2) is 4.79 Å². The van der Waals surface area contributed by atoms with Crippen LogP contribution in [0.4, 0.5) is 4.79 Å². The first kappa shape index (κ1) is 22.4. The second kappa shape index (κ2) is 8.53. The molecular formula is C26H27ClN4O4. The van der Waals surface area contributed by atoms with Crippen LogP contribution in [-0.4, -0.2) is 62.1 Å². The van der Waals surface area contributed by atoms with Crippen molar-refractivity contribution >= 4 is 34.5 Å². The van der Waals surface area contributed by atoms with Gasteiger partial charge in [-0.15, -0.1) is 0 Å². The molecule has 5 heterocycles. The third-order valence-electron chi connectivity index (χ3n) is 7.87. The summed E-state index contributed by atoms with van der Waals surface area (Å²) in [5.74, 6) is -0.0168. The van der Waals surface area contributed by atoms with Gasteiger partial charge in [0.2, 0.25) is 0 Å². The Balaban J connectivity index is 1.26. The normalized spacial score (nSPS) is 21.1. The van der Waals surface area contributed by atoms with Gasteiger partial charge in [-0.1, -0.05) is 17.7 Å². The lowest BCUT2D eigenvalue weighted by Gasteiger charge is -2.39. The SMILES string of the molecule is O=C(c1cn(C[C@@H]2CCCN2C(=O)O)c2cc(Cl)ccc12)N1CCC2(CC1)OCc1ccncc12. The smallest absolute Gasteiger partial charge is 0.407 e. The Morgan fingerprint density at radius 3 is 2.83 bits per heavy atom. The number of hydrogen-bond donors (Lipinski definition) is 1. The van der Waals surface area contributed by atoms with Crippen molar-refractivity contribution in [3.05, 3.63) is 64.6 Å². The maximum Gasteiger partial charge on any atom is 0.407 e. The molecule has 0 saturated carbocycles. The van der Waals surface area contributed by atoms with Crippen molar-refractivity contribution in [3.8, 4) is 0 Å². The first-order chi connectivity index (χ1) is 16.9. The minimum atomic E-state index is -0.897. The monoisotopic (exact) mass is 494 g/mol. The molecule has 1 atom stereocenters. The molecule has 2 amide bonds. The number of carboxylic acid groups (broad SMARTS) is 1. The molecule has 6 rings (SSSR count). The van der Waals surface area contributed by atoms with E-state index in [4.69, 9.17) is 16.3 Å². The number of rotatable bonds is 3. The maximum atomic E-state index is 13.7. The van der Waals surface area contributed by atoms with Crippen LogP contribution in [0.3, 0.4) is 0 Å². The van der Waals surface area contributed by atoms with Crippen LogP contribution in [0.5, 0.6) is 0 Å². The number of hydrogen-bond acceptors (Lipinski definition) is 4. The van der Waals surface area contributed by atoms with Crippen molar-refractivity contribution < 1.29 is 19.4 Å². The van der Waals surface area contributed by atoms with Crippen LogP contribution in [0.1, 0.15) is 47.2 Å². The van der Waals surface area contributed by atoms with Gasteiger partial charge in [0.05, 0.1) is 29.3 Å². The summed E-state index contributed by atoms with van der Waals surface area (Å²) in [6.45, 7) is 2.83. The van der Waals surface area contributed by atoms with Crippen molar-refractivity contribution in [2.75, 3.05) is 19.6 Å². The van der Waals surface area contributed by atoms with E-state index in [9.17, 15) is 14.7 Å². The lowest BCUT2D eigenvalue weighted by Crippen LogP contribution is -2.45. The summed E-state index contributed by atoms with van der Waals surface area (Å²) in [5.41, 5.74) is 3.46. The van der Waals surface area contributed by atoms with Crippen LogP contribution >= 0.6 is 11.6 Å². The zero-order valence-corrected chi connectivity index (χ0v) is 20.1. The minimum absolute atomic E-state index is 0.0168. The summed E-state index contributed by atoms with van der Waals surface area (Å²) in [6.07, 6.45) is 7.79. The number of carbonyl (C=O) groups is 2. The number of benzene rings is 1. The second-order valence-corrected chi connectivity index (χ2v) is 10.2. The summed E-state index contributed by atoms with van der Waals surface area (Å²) in [5, 5.41) is 11.0. The lowest BCUT2D eigenvalue weighted by atomic mass is 9.84. The zero-order valence-electron chi connectivity index (χ0n) is 19.3. The highest BCUT2D eigenvalue weighted by Gasteiger charge is 2.44. The Kier molecular flexibility index (Phi) is 5.45. The number of fused-ring (bicyclic) bond motifs is 3. The number of likely N-dealkylation sites (tertiary alicyclic amines) is 2. The summed E-state index contributed by atoms with van der Waals surface area (Å²) in [4.78, 5) is 33.0. The topological polar surface area (TPSA) is 87.9 Å². The van der Waals surface area contributed by atoms with Gasteiger partial charge in [0.1, 0.15) is 0 Å². The van der Waals surface area contributed by atoms with Crippen LogP contribution in [0.15, 0.2) is 42.9 Å². The van der Waals surface area contributed by atoms with Gasteiger partial charge in [0.15, 0.2) is 0 Å². The highest BCUT2D eigenvalue weighted by molar-refractivity contribution is 6.31. The fourth-order valence-electron chi connectivity index (χ4n) is 6.00. The molecule has 1 aromatic carbocycles. The van der Waals surface area contributed by atoms with Crippen LogP contribution in [-0.2, 0) is 23.5 Å². The number of carbonyl (C=O) groups excluding carboxylic acids is 1. The molecule has 0 unspecified atom stereocenters. The minimum Gasteiger partial charge on any atom is -0.465 e. The van der Waals surface area contributed by atoms with Gasteiger partial charge in [-0.05, 0) is 49.4 Å². The fraction of sp³-hybridized carbons (Fsp3) is 0.423. The number of nitrogens with zero attached hydrogens (tertiary/aromatic N) is 4. The maximum absolute atomic E-state index is 13.7. The largest absolute Gasteiger partial charge is 0.465 e. The summed E-state index contributed by atoms with van der Waals surface area (Å²) >= 11 is 6.30. The Labute approximate surface area is 208 Å². The number of ether oxygens (including phenoxy) is 1. The predicted octanol–water partition coefficient (Wildman–Crippen LogP) is 4.49. The third-order valence-corrected chi connectivity index (χ3v) is 8.10. The van der Waals surface area contributed by atoms with E-state index in [1.165, 1.54) is 10.5 Å². The number of aromatic nitrogens is 2. The van der Waals surface area contributed by atoms with Crippen LogP contribution in [0.25, 0.3) is 10.9 Å². The number of pyridine rings is 1. The summed E-state index contributed by atoms with van der Waals surface area (Å²) in [6, 6.07) is 7.43. The van der Waals surface area contributed by atoms with Gasteiger partial charge in [0.25, 0.3) is 5.91 Å². The quantitative estimate of drug-likeness (QED) is 0.579. The molecule has 3 aliphatic rings. The average Bonchev–Trinajstić information content (AvgIpc) is 3.57. The van der Waals surface area contributed by atoms with Crippen LogP contribution < -0.4 is 0 Å². The molecule has 35 heavy (non-hydrogen) atoms. The summed E-state index contributed by atoms with van der Waals surface area (Å²) in [7, 11) is 0. The Morgan fingerprint density at radius 1 is 1.20 bits per heavy atom. The second-order valence-electron chi connectivity index (χ2n) is 9.74. The molecule has 2 aromatic heterocycles. The molecule has 1 spiro atoms. The lowest BCUT2D eigenvalue weighted by molar-refractivity contribution is -0.0742. The van der Waals surface area contributed by atoms with Crippen molar-refractivity contribution in [3.63, 3.8) is 0 Å². The third kappa shape index (κ3) is 3.76. The molecule has 0 bridgehead atoms. The van der Waals surface area contributed by atoms with E-state index in [2.05, 4.69) is 4.98 Å². The van der Waals surface area contributed by atoms with E-state index < -0.39 is 6.09 Å². The standard InChI is InChI=1S/C26H27ClN4O4/c27-18-3-4-20-21(15-30(23(20)12-18)14-19-2-1-9-31(19)25(33)34)24(32)29-10-6-26(7-11-29)22-13-28-8-5-17(22)16-35-26/h3-5,8,12-13,15,19H,1-2,6-7,9-11,14,16H2,(H,33,34)/t19-/m0/s1. The predicted molar refractivity (Wildman–Crippen MR) is 131 cm³/mol. The van der Waals surface area contributed by atoms with Crippen molar-refractivity contribution in [2.24, 2.45) is 0 Å². The zero-order chi connectivity index (χ0) is 24.2. The molecule has 0 radical (unpaired) electrons. The molecule has 3 aromatic rings. The van der Waals surface area contributed by atoms with Gasteiger partial charge in [0, 0.05) is 60.7 Å². The Morgan fingerprint density at radius 2 is 2.03 bits per heavy atom. The van der Waals surface area contributed by atoms with Crippen molar-refractivity contribution in [1.29, 1.82) is 0 Å². The van der Waals surface area contributed by atoms with Gasteiger partial charge >= 0.3 is 6.09 Å². The first-order valence-electron chi connectivity index (χ1n) is 12.1. The molecule has 0 aliphatic carbocycles. The molecule has 9 heteroatoms. The van der Waals surface area contributed by atoms with E-state index in [-0.39, 0.29) is 17.6 Å². The molecule has 2 fully saturated rings. The molecule has 182 valence electrons. The Bertz CT molecular complexity index is 1310. The van der Waals surface area contributed by atoms with Gasteiger partial charge < -0.3 is 24.2 Å². The molecule has 3 aliphatic heterocycles. The average molecular weight is 495 g/mol. The molecule has 8 nitrogen and oxygen atoms in total. The van der Waals surface area contributed by atoms with E-state index in [0.29, 0.717) is 43.4 Å². The van der Waals surface area contributed by atoms with E-state index in [1.54, 1.807) is 12.3 Å². The highest BCUT2D eigenvalue weighted by atomic mass is 35.5. The van der Waals surface area contributed by atoms with E-state index in [1.807, 2.05) is 40.1 Å². The Hall–Kier alpha value is -3.10. The van der Waals surface area contributed by atoms with Crippen molar-refractivity contribution in [1.82, 2.24) is 19.4 Å². The van der Waals surface area contributed by atoms with Crippen molar-refractivity contribution in [2.45, 2.75) is 50.5 Å². The number of amides is 2. The van der Waals surface area contributed by atoms with E-state index >= 15 is 0 Å². The van der Waals surface area contributed by atoms with Gasteiger partial charge in [-0.3, -0.25) is 9.78 Å². The number of halogens is 1.